The Kier molecular flexibility index (Phi) is 3.74. The molecular weight excluding hydrogens is 220 g/mol. The zero-order valence-electron chi connectivity index (χ0n) is 9.34. The maximum atomic E-state index is 10.1. The lowest BCUT2D eigenvalue weighted by molar-refractivity contribution is 0.157. The van der Waals surface area contributed by atoms with E-state index < -0.39 is 6.10 Å². The molecule has 3 nitrogen and oxygen atoms in total. The molecule has 1 unspecified atom stereocenters. The van der Waals surface area contributed by atoms with Crippen LogP contribution in [0.25, 0.3) is 0 Å². The summed E-state index contributed by atoms with van der Waals surface area (Å²) < 4.78 is 1.85. The third kappa shape index (κ3) is 2.51. The summed E-state index contributed by atoms with van der Waals surface area (Å²) in [7, 11) is 0. The van der Waals surface area contributed by atoms with Gasteiger partial charge in [0.1, 0.15) is 0 Å². The van der Waals surface area contributed by atoms with Crippen LogP contribution in [-0.4, -0.2) is 14.9 Å². The van der Waals surface area contributed by atoms with Crippen LogP contribution in [0.1, 0.15) is 30.7 Å². The summed E-state index contributed by atoms with van der Waals surface area (Å²) in [6.07, 6.45) is 3.00. The van der Waals surface area contributed by atoms with Gasteiger partial charge in [0.15, 0.2) is 0 Å². The molecule has 0 aliphatic rings. The number of nitrogens with zero attached hydrogens (tertiary/aromatic N) is 2. The lowest BCUT2D eigenvalue weighted by atomic mass is 10.1. The number of aliphatic hydroxyl groups excluding tert-OH is 1. The topological polar surface area (TPSA) is 38.0 Å². The molecule has 16 heavy (non-hydrogen) atoms. The fraction of sp³-hybridized carbons (Fsp3) is 0.417. The van der Waals surface area contributed by atoms with Gasteiger partial charge in [-0.05, 0) is 48.2 Å². The highest BCUT2D eigenvalue weighted by molar-refractivity contribution is 7.07. The van der Waals surface area contributed by atoms with Gasteiger partial charge >= 0.3 is 0 Å². The van der Waals surface area contributed by atoms with Gasteiger partial charge in [-0.15, -0.1) is 0 Å². The van der Waals surface area contributed by atoms with Gasteiger partial charge in [0, 0.05) is 12.7 Å². The molecule has 1 N–H and O–H groups in total. The monoisotopic (exact) mass is 236 g/mol. The van der Waals surface area contributed by atoms with Gasteiger partial charge in [0.2, 0.25) is 0 Å². The van der Waals surface area contributed by atoms with Gasteiger partial charge in [0.05, 0.1) is 11.8 Å². The van der Waals surface area contributed by atoms with Gasteiger partial charge < -0.3 is 5.11 Å². The molecule has 1 atom stereocenters. The van der Waals surface area contributed by atoms with E-state index >= 15 is 0 Å². The largest absolute Gasteiger partial charge is 0.387 e. The molecule has 0 bridgehead atoms. The highest BCUT2D eigenvalue weighted by Gasteiger charge is 2.12. The Morgan fingerprint density at radius 2 is 2.38 bits per heavy atom. The molecule has 2 aromatic rings. The minimum atomic E-state index is -0.414. The summed E-state index contributed by atoms with van der Waals surface area (Å²) in [6.45, 7) is 2.83. The number of thiophene rings is 1. The molecule has 0 saturated heterocycles. The van der Waals surface area contributed by atoms with E-state index in [0.717, 1.165) is 25.1 Å². The second-order valence-corrected chi connectivity index (χ2v) is 4.54. The molecule has 0 aliphatic carbocycles. The maximum absolute atomic E-state index is 10.1. The second-order valence-electron chi connectivity index (χ2n) is 3.76. The molecule has 0 fully saturated rings. The van der Waals surface area contributed by atoms with Crippen LogP contribution in [0.4, 0.5) is 0 Å². The van der Waals surface area contributed by atoms with Gasteiger partial charge in [-0.1, -0.05) is 0 Å². The lowest BCUT2D eigenvalue weighted by Crippen LogP contribution is -2.08. The average Bonchev–Trinajstić information content (AvgIpc) is 2.96. The van der Waals surface area contributed by atoms with E-state index in [4.69, 9.17) is 0 Å². The maximum Gasteiger partial charge on any atom is 0.0959 e. The van der Waals surface area contributed by atoms with E-state index in [2.05, 4.69) is 21.9 Å². The fourth-order valence-corrected chi connectivity index (χ4v) is 2.48. The predicted octanol–water partition coefficient (Wildman–Crippen LogP) is 2.63. The third-order valence-electron chi connectivity index (χ3n) is 2.68. The third-order valence-corrected chi connectivity index (χ3v) is 3.41. The van der Waals surface area contributed by atoms with Crippen LogP contribution in [0.2, 0.25) is 0 Å². The van der Waals surface area contributed by atoms with E-state index in [1.165, 1.54) is 5.56 Å². The van der Waals surface area contributed by atoms with E-state index in [-0.39, 0.29) is 0 Å². The molecule has 4 heteroatoms. The first-order chi connectivity index (χ1) is 7.81. The van der Waals surface area contributed by atoms with Crippen molar-refractivity contribution in [1.82, 2.24) is 9.78 Å². The van der Waals surface area contributed by atoms with Crippen molar-refractivity contribution < 1.29 is 5.11 Å². The molecule has 2 rings (SSSR count). The standard InChI is InChI=1S/C12H16N2OS/c1-2-14-11(5-7-13-14)12(15)4-3-10-6-8-16-9-10/h5-9,12,15H,2-4H2,1H3. The second kappa shape index (κ2) is 5.27. The van der Waals surface area contributed by atoms with Crippen molar-refractivity contribution in [2.75, 3.05) is 0 Å². The van der Waals surface area contributed by atoms with Crippen molar-refractivity contribution in [3.63, 3.8) is 0 Å². The Morgan fingerprint density at radius 3 is 3.06 bits per heavy atom. The molecule has 0 spiro atoms. The number of hydrogen-bond donors (Lipinski definition) is 1. The van der Waals surface area contributed by atoms with Crippen molar-refractivity contribution in [3.05, 3.63) is 40.3 Å². The van der Waals surface area contributed by atoms with Crippen LogP contribution in [0.15, 0.2) is 29.1 Å². The van der Waals surface area contributed by atoms with Gasteiger partial charge in [0.25, 0.3) is 0 Å². The minimum Gasteiger partial charge on any atom is -0.387 e. The van der Waals surface area contributed by atoms with Crippen molar-refractivity contribution >= 4 is 11.3 Å². The summed E-state index contributed by atoms with van der Waals surface area (Å²) in [5.41, 5.74) is 2.21. The van der Waals surface area contributed by atoms with Crippen LogP contribution < -0.4 is 0 Å². The van der Waals surface area contributed by atoms with Crippen LogP contribution in [0, 0.1) is 0 Å². The molecule has 0 aromatic carbocycles. The van der Waals surface area contributed by atoms with Gasteiger partial charge in [-0.3, -0.25) is 4.68 Å². The molecule has 0 aliphatic heterocycles. The normalized spacial score (nSPS) is 12.9. The average molecular weight is 236 g/mol. The molecular formula is C12H16N2OS. The lowest BCUT2D eigenvalue weighted by Gasteiger charge is -2.11. The van der Waals surface area contributed by atoms with Crippen LogP contribution in [-0.2, 0) is 13.0 Å². The molecule has 0 saturated carbocycles. The summed E-state index contributed by atoms with van der Waals surface area (Å²) in [5, 5.41) is 18.4. The van der Waals surface area contributed by atoms with Crippen LogP contribution in [0.5, 0.6) is 0 Å². The Bertz CT molecular complexity index is 422. The quantitative estimate of drug-likeness (QED) is 0.866. The Morgan fingerprint density at radius 1 is 1.50 bits per heavy atom. The summed E-state index contributed by atoms with van der Waals surface area (Å²) in [5.74, 6) is 0. The number of aliphatic hydroxyl groups is 1. The first-order valence-electron chi connectivity index (χ1n) is 5.52. The first-order valence-corrected chi connectivity index (χ1v) is 6.46. The number of hydrogen-bond acceptors (Lipinski definition) is 3. The van der Waals surface area contributed by atoms with Crippen molar-refractivity contribution in [2.45, 2.75) is 32.4 Å². The van der Waals surface area contributed by atoms with Gasteiger partial charge in [-0.2, -0.15) is 16.4 Å². The Hall–Kier alpha value is -1.13. The highest BCUT2D eigenvalue weighted by atomic mass is 32.1. The van der Waals surface area contributed by atoms with E-state index in [1.54, 1.807) is 17.5 Å². The Labute approximate surface area is 99.4 Å². The predicted molar refractivity (Wildman–Crippen MR) is 65.5 cm³/mol. The molecule has 86 valence electrons. The number of aryl methyl sites for hydroxylation is 2. The van der Waals surface area contributed by atoms with Gasteiger partial charge in [-0.25, -0.2) is 0 Å². The molecule has 0 radical (unpaired) electrons. The summed E-state index contributed by atoms with van der Waals surface area (Å²) in [6, 6.07) is 4.00. The molecule has 0 amide bonds. The van der Waals surface area contributed by atoms with Crippen LogP contribution >= 0.6 is 11.3 Å². The first kappa shape index (κ1) is 11.4. The number of aromatic nitrogens is 2. The SMILES string of the molecule is CCn1nccc1C(O)CCc1ccsc1. The summed E-state index contributed by atoms with van der Waals surface area (Å²) in [4.78, 5) is 0. The van der Waals surface area contributed by atoms with E-state index in [0.29, 0.717) is 0 Å². The minimum absolute atomic E-state index is 0.414. The van der Waals surface area contributed by atoms with Crippen LogP contribution in [0.3, 0.4) is 0 Å². The zero-order chi connectivity index (χ0) is 11.4. The summed E-state index contributed by atoms with van der Waals surface area (Å²) >= 11 is 1.70. The fourth-order valence-electron chi connectivity index (χ4n) is 1.78. The number of rotatable bonds is 5. The zero-order valence-corrected chi connectivity index (χ0v) is 10.2. The Balaban J connectivity index is 1.95. The smallest absolute Gasteiger partial charge is 0.0959 e. The van der Waals surface area contributed by atoms with Crippen molar-refractivity contribution in [2.24, 2.45) is 0 Å². The van der Waals surface area contributed by atoms with Crippen molar-refractivity contribution in [3.8, 4) is 0 Å². The molecule has 2 heterocycles. The van der Waals surface area contributed by atoms with E-state index in [1.807, 2.05) is 17.7 Å². The highest BCUT2D eigenvalue weighted by Crippen LogP contribution is 2.19. The van der Waals surface area contributed by atoms with E-state index in [9.17, 15) is 5.11 Å². The molecule has 2 aromatic heterocycles. The van der Waals surface area contributed by atoms with Crippen molar-refractivity contribution in [1.29, 1.82) is 0 Å².